The number of carbonyl (C=O) groups is 2. The lowest BCUT2D eigenvalue weighted by Crippen LogP contribution is -2.31. The van der Waals surface area contributed by atoms with Crippen LogP contribution in [0.25, 0.3) is 0 Å². The predicted octanol–water partition coefficient (Wildman–Crippen LogP) is 8.21. The SMILES string of the molecule is C=CCN(N=C(SCCCCCCCCCCCC)C(=O)OCC)C(=O)Cc1c(CC)cc(C)cc1CC. The van der Waals surface area contributed by atoms with Gasteiger partial charge in [-0.15, -0.1) is 6.58 Å². The monoisotopic (exact) mass is 544 g/mol. The van der Waals surface area contributed by atoms with E-state index in [1.165, 1.54) is 84.8 Å². The molecule has 214 valence electrons. The fourth-order valence-electron chi connectivity index (χ4n) is 4.58. The molecule has 0 atom stereocenters. The summed E-state index contributed by atoms with van der Waals surface area (Å²) in [7, 11) is 0. The third kappa shape index (κ3) is 13.1. The standard InChI is InChI=1S/C32H52N2O3S/c1-7-12-13-14-15-16-17-18-19-20-22-38-31(32(36)37-11-5)33-34(21-8-2)30(35)25-29-27(9-3)23-26(6)24-28(29)10-4/h8,23-24H,2,7,9-22,25H2,1,3-6H3. The summed E-state index contributed by atoms with van der Waals surface area (Å²) in [6.07, 6.45) is 16.3. The topological polar surface area (TPSA) is 59.0 Å². The first-order valence-corrected chi connectivity index (χ1v) is 15.8. The van der Waals surface area contributed by atoms with Crippen LogP contribution >= 0.6 is 11.8 Å². The average molecular weight is 545 g/mol. The van der Waals surface area contributed by atoms with Crippen molar-refractivity contribution in [3.63, 3.8) is 0 Å². The lowest BCUT2D eigenvalue weighted by molar-refractivity contribution is -0.134. The predicted molar refractivity (Wildman–Crippen MR) is 164 cm³/mol. The van der Waals surface area contributed by atoms with Gasteiger partial charge in [-0.05, 0) is 55.6 Å². The normalized spacial score (nSPS) is 11.4. The molecule has 0 aliphatic heterocycles. The molecule has 0 unspecified atom stereocenters. The molecule has 38 heavy (non-hydrogen) atoms. The minimum Gasteiger partial charge on any atom is -0.461 e. The van der Waals surface area contributed by atoms with E-state index in [9.17, 15) is 9.59 Å². The van der Waals surface area contributed by atoms with Crippen LogP contribution in [0.4, 0.5) is 0 Å². The Hall–Kier alpha value is -2.08. The second kappa shape index (κ2) is 20.8. The third-order valence-electron chi connectivity index (χ3n) is 6.66. The zero-order valence-electron chi connectivity index (χ0n) is 24.8. The van der Waals surface area contributed by atoms with Crippen molar-refractivity contribution in [1.29, 1.82) is 0 Å². The summed E-state index contributed by atoms with van der Waals surface area (Å²) in [5, 5.41) is 6.13. The number of hydrogen-bond donors (Lipinski definition) is 0. The molecule has 0 aliphatic carbocycles. The van der Waals surface area contributed by atoms with Crippen molar-refractivity contribution >= 4 is 28.7 Å². The third-order valence-corrected chi connectivity index (χ3v) is 7.67. The number of amides is 1. The first-order valence-electron chi connectivity index (χ1n) is 14.8. The molecule has 0 heterocycles. The number of hydrazone groups is 1. The second-order valence-corrected chi connectivity index (χ2v) is 10.9. The van der Waals surface area contributed by atoms with Crippen LogP contribution in [0.3, 0.4) is 0 Å². The first-order chi connectivity index (χ1) is 18.4. The van der Waals surface area contributed by atoms with Crippen molar-refractivity contribution < 1.29 is 14.3 Å². The Morgan fingerprint density at radius 1 is 0.921 bits per heavy atom. The number of nitrogens with zero attached hydrogens (tertiary/aromatic N) is 2. The second-order valence-electron chi connectivity index (χ2n) is 9.87. The Morgan fingerprint density at radius 3 is 1.97 bits per heavy atom. The fourth-order valence-corrected chi connectivity index (χ4v) is 5.46. The van der Waals surface area contributed by atoms with Crippen molar-refractivity contribution in [1.82, 2.24) is 5.01 Å². The molecule has 1 rings (SSSR count). The maximum atomic E-state index is 13.4. The Kier molecular flexibility index (Phi) is 18.6. The molecular formula is C32H52N2O3S. The summed E-state index contributed by atoms with van der Waals surface area (Å²) in [6, 6.07) is 4.32. The van der Waals surface area contributed by atoms with Gasteiger partial charge in [0.1, 0.15) is 0 Å². The van der Waals surface area contributed by atoms with Gasteiger partial charge in [0.25, 0.3) is 0 Å². The van der Waals surface area contributed by atoms with E-state index >= 15 is 0 Å². The van der Waals surface area contributed by atoms with E-state index in [1.807, 2.05) is 0 Å². The van der Waals surface area contributed by atoms with Gasteiger partial charge >= 0.3 is 5.97 Å². The highest BCUT2D eigenvalue weighted by molar-refractivity contribution is 8.15. The minimum absolute atomic E-state index is 0.139. The molecule has 6 heteroatoms. The molecule has 0 radical (unpaired) electrons. The Bertz CT molecular complexity index is 856. The number of hydrogen-bond acceptors (Lipinski definition) is 5. The molecule has 5 nitrogen and oxygen atoms in total. The van der Waals surface area contributed by atoms with Crippen LogP contribution < -0.4 is 0 Å². The van der Waals surface area contributed by atoms with Crippen molar-refractivity contribution in [3.8, 4) is 0 Å². The highest BCUT2D eigenvalue weighted by Gasteiger charge is 2.21. The average Bonchev–Trinajstić information content (AvgIpc) is 2.91. The molecule has 1 aromatic carbocycles. The molecule has 0 saturated heterocycles. The van der Waals surface area contributed by atoms with Crippen LogP contribution in [0.1, 0.15) is 114 Å². The van der Waals surface area contributed by atoms with Crippen LogP contribution in [0, 0.1) is 6.92 Å². The smallest absolute Gasteiger partial charge is 0.365 e. The molecule has 1 amide bonds. The van der Waals surface area contributed by atoms with Crippen molar-refractivity contribution in [3.05, 3.63) is 47.0 Å². The number of carbonyl (C=O) groups excluding carboxylic acids is 2. The molecule has 0 spiro atoms. The van der Waals surface area contributed by atoms with Crippen LogP contribution in [0.2, 0.25) is 0 Å². The molecule has 0 N–H and O–H groups in total. The number of unbranched alkanes of at least 4 members (excludes halogenated alkanes) is 9. The Balaban J connectivity index is 2.81. The van der Waals surface area contributed by atoms with Gasteiger partial charge in [0.15, 0.2) is 0 Å². The molecule has 1 aromatic rings. The molecule has 0 fully saturated rings. The molecule has 0 saturated carbocycles. The number of aryl methyl sites for hydroxylation is 3. The highest BCUT2D eigenvalue weighted by atomic mass is 32.2. The highest BCUT2D eigenvalue weighted by Crippen LogP contribution is 2.21. The van der Waals surface area contributed by atoms with Crippen molar-refractivity contribution in [2.45, 2.75) is 118 Å². The van der Waals surface area contributed by atoms with E-state index in [2.05, 4.69) is 51.5 Å². The summed E-state index contributed by atoms with van der Waals surface area (Å²) in [5.41, 5.74) is 4.67. The number of benzene rings is 1. The zero-order chi connectivity index (χ0) is 28.2. The van der Waals surface area contributed by atoms with Gasteiger partial charge in [0.05, 0.1) is 19.6 Å². The van der Waals surface area contributed by atoms with E-state index in [4.69, 9.17) is 4.74 Å². The zero-order valence-corrected chi connectivity index (χ0v) is 25.6. The van der Waals surface area contributed by atoms with E-state index in [0.29, 0.717) is 0 Å². The van der Waals surface area contributed by atoms with Gasteiger partial charge in [0.2, 0.25) is 11.0 Å². The van der Waals surface area contributed by atoms with Gasteiger partial charge in [0, 0.05) is 0 Å². The molecule has 0 aliphatic rings. The van der Waals surface area contributed by atoms with Crippen molar-refractivity contribution in [2.75, 3.05) is 18.9 Å². The maximum absolute atomic E-state index is 13.4. The fraction of sp³-hybridized carbons (Fsp3) is 0.656. The van der Waals surface area contributed by atoms with Crippen LogP contribution in [0.15, 0.2) is 29.9 Å². The quantitative estimate of drug-likeness (QED) is 0.0440. The summed E-state index contributed by atoms with van der Waals surface area (Å²) >= 11 is 1.39. The molecule has 0 aromatic heterocycles. The summed E-state index contributed by atoms with van der Waals surface area (Å²) in [4.78, 5) is 26.1. The Labute approximate surface area is 236 Å². The Morgan fingerprint density at radius 2 is 1.47 bits per heavy atom. The van der Waals surface area contributed by atoms with Gasteiger partial charge in [-0.2, -0.15) is 5.10 Å². The lowest BCUT2D eigenvalue weighted by Gasteiger charge is -2.20. The van der Waals surface area contributed by atoms with Gasteiger partial charge in [-0.25, -0.2) is 9.80 Å². The van der Waals surface area contributed by atoms with E-state index in [0.717, 1.165) is 37.0 Å². The summed E-state index contributed by atoms with van der Waals surface area (Å²) < 4.78 is 5.26. The van der Waals surface area contributed by atoms with E-state index in [-0.39, 0.29) is 30.5 Å². The molecule has 0 bridgehead atoms. The van der Waals surface area contributed by atoms with Crippen LogP contribution in [-0.2, 0) is 33.6 Å². The van der Waals surface area contributed by atoms with Crippen LogP contribution in [-0.4, -0.2) is 40.8 Å². The maximum Gasteiger partial charge on any atom is 0.365 e. The number of thioether (sulfide) groups is 1. The number of esters is 1. The van der Waals surface area contributed by atoms with Gasteiger partial charge in [-0.3, -0.25) is 4.79 Å². The first kappa shape index (κ1) is 33.9. The van der Waals surface area contributed by atoms with E-state index < -0.39 is 5.97 Å². The summed E-state index contributed by atoms with van der Waals surface area (Å²) in [5.74, 6) is 0.173. The number of ether oxygens (including phenoxy) is 1. The summed E-state index contributed by atoms with van der Waals surface area (Å²) in [6.45, 7) is 14.7. The van der Waals surface area contributed by atoms with Crippen molar-refractivity contribution in [2.24, 2.45) is 5.10 Å². The largest absolute Gasteiger partial charge is 0.461 e. The number of rotatable bonds is 19. The van der Waals surface area contributed by atoms with Gasteiger partial charge < -0.3 is 4.74 Å². The lowest BCUT2D eigenvalue weighted by atomic mass is 9.92. The van der Waals surface area contributed by atoms with E-state index in [1.54, 1.807) is 13.0 Å². The minimum atomic E-state index is -0.467. The van der Waals surface area contributed by atoms with Crippen LogP contribution in [0.5, 0.6) is 0 Å². The van der Waals surface area contributed by atoms with Gasteiger partial charge in [-0.1, -0.05) is 114 Å². The molecular weight excluding hydrogens is 492 g/mol.